The van der Waals surface area contributed by atoms with Crippen LogP contribution < -0.4 is 4.90 Å². The zero-order valence-electron chi connectivity index (χ0n) is 27.2. The van der Waals surface area contributed by atoms with Gasteiger partial charge in [-0.25, -0.2) is 9.48 Å². The van der Waals surface area contributed by atoms with Gasteiger partial charge in [-0.2, -0.15) is 10.2 Å². The molecule has 238 valence electrons. The molecule has 6 heterocycles. The molecule has 3 aliphatic heterocycles. The van der Waals surface area contributed by atoms with E-state index in [1.54, 1.807) is 0 Å². The van der Waals surface area contributed by atoms with E-state index >= 15 is 0 Å². The number of H-pyrrole nitrogens is 1. The highest BCUT2D eigenvalue weighted by Crippen LogP contribution is 2.52. The van der Waals surface area contributed by atoms with Crippen molar-refractivity contribution in [2.24, 2.45) is 0 Å². The van der Waals surface area contributed by atoms with Gasteiger partial charge in [-0.05, 0) is 103 Å². The summed E-state index contributed by atoms with van der Waals surface area (Å²) in [5, 5.41) is 22.5. The van der Waals surface area contributed by atoms with Crippen molar-refractivity contribution in [2.45, 2.75) is 109 Å². The van der Waals surface area contributed by atoms with Gasteiger partial charge in [-0.1, -0.05) is 6.07 Å². The number of piperidine rings is 1. The van der Waals surface area contributed by atoms with Crippen LogP contribution in [0.3, 0.4) is 0 Å². The van der Waals surface area contributed by atoms with Crippen LogP contribution in [-0.4, -0.2) is 77.5 Å². The number of ether oxygens (including phenoxy) is 2. The molecule has 1 aromatic carbocycles. The van der Waals surface area contributed by atoms with Gasteiger partial charge in [0.25, 0.3) is 0 Å². The van der Waals surface area contributed by atoms with E-state index in [4.69, 9.17) is 9.47 Å². The van der Waals surface area contributed by atoms with Gasteiger partial charge in [0.05, 0.1) is 23.6 Å². The normalized spacial score (nSPS) is 26.8. The number of aromatic nitrogens is 6. The van der Waals surface area contributed by atoms with Gasteiger partial charge in [0, 0.05) is 53.5 Å². The van der Waals surface area contributed by atoms with Crippen LogP contribution in [0.1, 0.15) is 85.8 Å². The van der Waals surface area contributed by atoms with Crippen LogP contribution in [-0.2, 0) is 9.47 Å². The highest BCUT2D eigenvalue weighted by Gasteiger charge is 2.59. The van der Waals surface area contributed by atoms with Crippen molar-refractivity contribution in [3.05, 3.63) is 42.9 Å². The predicted octanol–water partition coefficient (Wildman–Crippen LogP) is 6.73. The maximum atomic E-state index is 13.3. The molecule has 1 amide bonds. The van der Waals surface area contributed by atoms with E-state index in [1.165, 1.54) is 0 Å². The third-order valence-electron chi connectivity index (χ3n) is 10.0. The number of amides is 1. The van der Waals surface area contributed by atoms with Gasteiger partial charge in [0.2, 0.25) is 0 Å². The van der Waals surface area contributed by atoms with Gasteiger partial charge in [0.1, 0.15) is 11.8 Å². The molecular formula is C34H44N8O3. The lowest BCUT2D eigenvalue weighted by molar-refractivity contribution is -0.0394. The number of carbonyl (C=O) groups excluding carboxylic acids is 1. The first-order valence-corrected chi connectivity index (χ1v) is 16.2. The maximum absolute atomic E-state index is 13.3. The Hall–Kier alpha value is -3.99. The van der Waals surface area contributed by atoms with E-state index in [-0.39, 0.29) is 29.4 Å². The van der Waals surface area contributed by atoms with E-state index < -0.39 is 5.60 Å². The van der Waals surface area contributed by atoms with E-state index in [1.807, 2.05) is 54.9 Å². The van der Waals surface area contributed by atoms with Crippen molar-refractivity contribution in [1.82, 2.24) is 35.1 Å². The minimum Gasteiger partial charge on any atom is -0.444 e. The fourth-order valence-electron chi connectivity index (χ4n) is 7.82. The second-order valence-electron chi connectivity index (χ2n) is 14.6. The summed E-state index contributed by atoms with van der Waals surface area (Å²) in [5.74, 6) is 0.816. The lowest BCUT2D eigenvalue weighted by atomic mass is 9.82. The number of nitrogens with zero attached hydrogens (tertiary/aromatic N) is 7. The molecule has 3 unspecified atom stereocenters. The Labute approximate surface area is 264 Å². The first-order chi connectivity index (χ1) is 21.4. The summed E-state index contributed by atoms with van der Waals surface area (Å²) in [6.45, 7) is 11.0. The SMILES string of the molecule is CN(c1ccc(-c2ccc(-c3cnn(C4CCCCO4)c3)c3cn[nH]c23)nn1)C1CC2(C)CCC(C)(C1)N2C(=O)OC(C)(C)C. The molecule has 2 bridgehead atoms. The largest absolute Gasteiger partial charge is 0.444 e. The Bertz CT molecular complexity index is 1680. The van der Waals surface area contributed by atoms with Crippen LogP contribution in [0.15, 0.2) is 42.9 Å². The van der Waals surface area contributed by atoms with E-state index in [0.29, 0.717) is 0 Å². The number of anilines is 1. The lowest BCUT2D eigenvalue weighted by Gasteiger charge is -2.52. The molecule has 4 aromatic rings. The average Bonchev–Trinajstić information content (AvgIpc) is 3.73. The van der Waals surface area contributed by atoms with Gasteiger partial charge >= 0.3 is 6.09 Å². The number of hydrogen-bond donors (Lipinski definition) is 1. The Morgan fingerprint density at radius 2 is 1.80 bits per heavy atom. The molecule has 3 aromatic heterocycles. The zero-order chi connectivity index (χ0) is 31.6. The number of carbonyl (C=O) groups is 1. The molecule has 11 heteroatoms. The molecule has 45 heavy (non-hydrogen) atoms. The highest BCUT2D eigenvalue weighted by molar-refractivity contribution is 6.01. The van der Waals surface area contributed by atoms with Crippen LogP contribution >= 0.6 is 0 Å². The number of aromatic amines is 1. The number of benzene rings is 1. The highest BCUT2D eigenvalue weighted by atomic mass is 16.6. The third kappa shape index (κ3) is 5.34. The van der Waals surface area contributed by atoms with E-state index in [2.05, 4.69) is 69.6 Å². The fourth-order valence-corrected chi connectivity index (χ4v) is 7.82. The van der Waals surface area contributed by atoms with Crippen molar-refractivity contribution >= 4 is 22.8 Å². The maximum Gasteiger partial charge on any atom is 0.411 e. The minimum atomic E-state index is -0.524. The first-order valence-electron chi connectivity index (χ1n) is 16.2. The quantitative estimate of drug-likeness (QED) is 0.264. The second-order valence-corrected chi connectivity index (χ2v) is 14.6. The molecule has 11 nitrogen and oxygen atoms in total. The van der Waals surface area contributed by atoms with Gasteiger partial charge in [-0.15, -0.1) is 10.2 Å². The number of fused-ring (bicyclic) bond motifs is 3. The van der Waals surface area contributed by atoms with Crippen LogP contribution in [0, 0.1) is 0 Å². The predicted molar refractivity (Wildman–Crippen MR) is 173 cm³/mol. The van der Waals surface area contributed by atoms with Crippen LogP contribution in [0.4, 0.5) is 10.6 Å². The second kappa shape index (κ2) is 10.8. The number of hydrogen-bond acceptors (Lipinski definition) is 8. The van der Waals surface area contributed by atoms with E-state index in [9.17, 15) is 4.79 Å². The molecule has 3 atom stereocenters. The molecule has 0 spiro atoms. The van der Waals surface area contributed by atoms with Gasteiger partial charge in [0.15, 0.2) is 5.82 Å². The molecule has 0 radical (unpaired) electrons. The summed E-state index contributed by atoms with van der Waals surface area (Å²) in [6, 6.07) is 8.47. The molecule has 3 fully saturated rings. The Morgan fingerprint density at radius 3 is 2.47 bits per heavy atom. The first kappa shape index (κ1) is 29.7. The monoisotopic (exact) mass is 612 g/mol. The molecule has 0 saturated carbocycles. The average molecular weight is 613 g/mol. The van der Waals surface area contributed by atoms with Gasteiger partial charge < -0.3 is 14.4 Å². The minimum absolute atomic E-state index is 0.00284. The number of nitrogens with one attached hydrogen (secondary N) is 1. The fraction of sp³-hybridized carbons (Fsp3) is 0.559. The van der Waals surface area contributed by atoms with Crippen molar-refractivity contribution in [3.63, 3.8) is 0 Å². The Balaban J connectivity index is 1.10. The standard InChI is InChI=1S/C34H44N8O3/c1-32(2,3)45-31(43)42-33(4)14-15-34(42,5)18-23(17-33)40(6)28-13-12-27(37-38-28)25-11-10-24(26-20-35-39-30(25)26)22-19-36-41(21-22)29-9-7-8-16-44-29/h10-13,19-21,23,29H,7-9,14-18H2,1-6H3,(H,35,39). The summed E-state index contributed by atoms with van der Waals surface area (Å²) in [6.07, 6.45) is 12.5. The van der Waals surface area contributed by atoms with Gasteiger partial charge in [-0.3, -0.25) is 10.00 Å². The zero-order valence-corrected chi connectivity index (χ0v) is 27.2. The smallest absolute Gasteiger partial charge is 0.411 e. The summed E-state index contributed by atoms with van der Waals surface area (Å²) >= 11 is 0. The summed E-state index contributed by atoms with van der Waals surface area (Å²) < 4.78 is 13.7. The van der Waals surface area contributed by atoms with Crippen molar-refractivity contribution < 1.29 is 14.3 Å². The van der Waals surface area contributed by atoms with Crippen molar-refractivity contribution in [1.29, 1.82) is 0 Å². The molecule has 1 N–H and O–H groups in total. The van der Waals surface area contributed by atoms with Crippen molar-refractivity contribution in [2.75, 3.05) is 18.6 Å². The van der Waals surface area contributed by atoms with Crippen LogP contribution in [0.5, 0.6) is 0 Å². The lowest BCUT2D eigenvalue weighted by Crippen LogP contribution is -2.63. The van der Waals surface area contributed by atoms with Crippen LogP contribution in [0.2, 0.25) is 0 Å². The third-order valence-corrected chi connectivity index (χ3v) is 10.0. The Morgan fingerprint density at radius 1 is 1.04 bits per heavy atom. The number of rotatable bonds is 5. The van der Waals surface area contributed by atoms with E-state index in [0.717, 1.165) is 90.7 Å². The molecule has 7 rings (SSSR count). The summed E-state index contributed by atoms with van der Waals surface area (Å²) in [7, 11) is 2.09. The topological polar surface area (TPSA) is 114 Å². The summed E-state index contributed by atoms with van der Waals surface area (Å²) in [4.78, 5) is 17.6. The molecule has 3 aliphatic rings. The molecule has 3 saturated heterocycles. The van der Waals surface area contributed by atoms with Crippen LogP contribution in [0.25, 0.3) is 33.3 Å². The van der Waals surface area contributed by atoms with Crippen molar-refractivity contribution in [3.8, 4) is 22.4 Å². The molecular weight excluding hydrogens is 568 g/mol. The Kier molecular flexibility index (Phi) is 7.14. The molecule has 0 aliphatic carbocycles. The summed E-state index contributed by atoms with van der Waals surface area (Å²) in [5.41, 5.74) is 3.66.